The molecule has 9 aliphatic heterocycles. The molecule has 18 nitrogen and oxygen atoms in total. The number of nitrogens with zero attached hydrogens (tertiary/aromatic N) is 8. The average molecular weight is 655 g/mol. The molecular weight excluding hydrogens is 608 g/mol. The molecule has 8 atom stereocenters. The zero-order chi connectivity index (χ0) is 32.2. The molecule has 5 N–H and O–H groups in total. The fourth-order valence-electron chi connectivity index (χ4n) is 8.37. The second kappa shape index (κ2) is 12.9. The van der Waals surface area contributed by atoms with Crippen LogP contribution in [0.3, 0.4) is 0 Å². The van der Waals surface area contributed by atoms with Gasteiger partial charge in [-0.2, -0.15) is 0 Å². The van der Waals surface area contributed by atoms with Gasteiger partial charge in [0.25, 0.3) is 0 Å². The van der Waals surface area contributed by atoms with E-state index in [1.165, 1.54) is 12.4 Å². The van der Waals surface area contributed by atoms with E-state index >= 15 is 0 Å². The Balaban J connectivity index is 1.10. The fraction of sp³-hybridized carbons (Fsp3) is 0.893. The van der Waals surface area contributed by atoms with Crippen LogP contribution in [0.25, 0.3) is 0 Å². The van der Waals surface area contributed by atoms with Crippen molar-refractivity contribution < 1.29 is 49.3 Å². The van der Waals surface area contributed by atoms with Crippen LogP contribution in [0.5, 0.6) is 0 Å². The van der Waals surface area contributed by atoms with Gasteiger partial charge in [0, 0.05) is 52.4 Å². The Kier molecular flexibility index (Phi) is 9.22. The first-order chi connectivity index (χ1) is 22.0. The lowest BCUT2D eigenvalue weighted by Crippen LogP contribution is -2.75. The van der Waals surface area contributed by atoms with Crippen molar-refractivity contribution in [2.75, 3.05) is 92.5 Å². The third-order valence-electron chi connectivity index (χ3n) is 9.75. The number of ether oxygens (including phenoxy) is 4. The van der Waals surface area contributed by atoms with Crippen molar-refractivity contribution in [2.45, 2.75) is 67.2 Å². The summed E-state index contributed by atoms with van der Waals surface area (Å²) >= 11 is 0. The Bertz CT molecular complexity index is 1110. The van der Waals surface area contributed by atoms with Crippen LogP contribution in [0.2, 0.25) is 0 Å². The van der Waals surface area contributed by atoms with Crippen LogP contribution in [0, 0.1) is 0 Å². The summed E-state index contributed by atoms with van der Waals surface area (Å²) in [5, 5.41) is 52.9. The Labute approximate surface area is 266 Å². The number of esters is 1. The number of hydrogen-bond donors (Lipinski definition) is 5. The highest BCUT2D eigenvalue weighted by atomic mass is 16.7. The van der Waals surface area contributed by atoms with Gasteiger partial charge in [-0.15, -0.1) is 0 Å². The van der Waals surface area contributed by atoms with Crippen LogP contribution in [0.1, 0.15) is 6.92 Å². The van der Waals surface area contributed by atoms with E-state index < -0.39 is 79.5 Å². The number of aliphatic imine (C=N–C) groups is 2. The summed E-state index contributed by atoms with van der Waals surface area (Å²) in [6.07, 6.45) is -8.36. The quantitative estimate of drug-likeness (QED) is 0.0759. The highest BCUT2D eigenvalue weighted by Crippen LogP contribution is 2.33. The first kappa shape index (κ1) is 32.8. The van der Waals surface area contributed by atoms with E-state index in [1.54, 1.807) is 0 Å². The zero-order valence-corrected chi connectivity index (χ0v) is 26.0. The van der Waals surface area contributed by atoms with Gasteiger partial charge in [-0.05, 0) is 0 Å². The van der Waals surface area contributed by atoms with Crippen LogP contribution in [0.4, 0.5) is 0 Å². The monoisotopic (exact) mass is 654 g/mol. The third-order valence-corrected chi connectivity index (χ3v) is 9.75. The van der Waals surface area contributed by atoms with Gasteiger partial charge >= 0.3 is 5.97 Å². The van der Waals surface area contributed by atoms with Crippen molar-refractivity contribution >= 4 is 18.4 Å². The van der Waals surface area contributed by atoms with Crippen molar-refractivity contribution in [3.8, 4) is 0 Å². The first-order valence-corrected chi connectivity index (χ1v) is 15.9. The summed E-state index contributed by atoms with van der Waals surface area (Å²) in [6.45, 7) is 9.68. The minimum atomic E-state index is -1.65. The molecule has 9 fully saturated rings. The van der Waals surface area contributed by atoms with Crippen molar-refractivity contribution in [2.24, 2.45) is 9.98 Å². The van der Waals surface area contributed by atoms with Crippen LogP contribution in [0.15, 0.2) is 9.98 Å². The smallest absolute Gasteiger partial charge is 0.303 e. The van der Waals surface area contributed by atoms with E-state index in [9.17, 15) is 30.3 Å². The second-order valence-electron chi connectivity index (χ2n) is 14.0. The van der Waals surface area contributed by atoms with E-state index in [0.717, 1.165) is 86.2 Å². The molecule has 0 amide bonds. The van der Waals surface area contributed by atoms with Gasteiger partial charge in [0.1, 0.15) is 30.5 Å². The lowest BCUT2D eigenvalue weighted by atomic mass is 9.91. The van der Waals surface area contributed by atoms with Crippen LogP contribution < -0.4 is 0 Å². The lowest BCUT2D eigenvalue weighted by Gasteiger charge is -2.59. The summed E-state index contributed by atoms with van der Waals surface area (Å²) in [7, 11) is 0. The Morgan fingerprint density at radius 2 is 1.33 bits per heavy atom. The molecule has 0 aromatic heterocycles. The topological polar surface area (TPSA) is 199 Å². The summed E-state index contributed by atoms with van der Waals surface area (Å²) in [6, 6.07) is 0. The largest absolute Gasteiger partial charge is 0.457 e. The number of aliphatic hydroxyl groups excluding tert-OH is 5. The molecule has 0 radical (unpaired) electrons. The van der Waals surface area contributed by atoms with E-state index in [2.05, 4.69) is 29.4 Å². The van der Waals surface area contributed by atoms with Gasteiger partial charge in [-0.1, -0.05) is 0 Å². The molecule has 18 heteroatoms. The molecule has 0 aromatic rings. The minimum absolute atomic E-state index is 0.393. The molecule has 8 bridgehead atoms. The minimum Gasteiger partial charge on any atom is -0.457 e. The Hall–Kier alpha value is -1.75. The Morgan fingerprint density at radius 3 is 1.76 bits per heavy atom. The molecule has 0 saturated carbocycles. The van der Waals surface area contributed by atoms with Gasteiger partial charge < -0.3 is 44.5 Å². The molecule has 46 heavy (non-hydrogen) atoms. The number of carbonyl (C=O) groups excluding carboxylic acids is 1. The van der Waals surface area contributed by atoms with E-state index in [4.69, 9.17) is 28.9 Å². The van der Waals surface area contributed by atoms with Gasteiger partial charge in [0.05, 0.1) is 70.5 Å². The maximum atomic E-state index is 11.8. The van der Waals surface area contributed by atoms with Crippen LogP contribution >= 0.6 is 0 Å². The van der Waals surface area contributed by atoms with Crippen molar-refractivity contribution in [3.05, 3.63) is 0 Å². The van der Waals surface area contributed by atoms with Crippen LogP contribution in [-0.2, 0) is 23.7 Å². The van der Waals surface area contributed by atoms with Gasteiger partial charge in [0.2, 0.25) is 0 Å². The van der Waals surface area contributed by atoms with E-state index in [1.807, 2.05) is 0 Å². The maximum Gasteiger partial charge on any atom is 0.303 e. The zero-order valence-electron chi connectivity index (χ0n) is 26.0. The predicted octanol–water partition coefficient (Wildman–Crippen LogP) is -5.30. The highest BCUT2D eigenvalue weighted by Gasteiger charge is 2.51. The summed E-state index contributed by atoms with van der Waals surface area (Å²) in [4.78, 5) is 35.3. The molecular formula is C28H46N8O10. The summed E-state index contributed by atoms with van der Waals surface area (Å²) in [5.74, 6) is -0.747. The molecule has 258 valence electrons. The second-order valence-corrected chi connectivity index (χ2v) is 14.0. The van der Waals surface area contributed by atoms with Gasteiger partial charge in [-0.25, -0.2) is 0 Å². The molecule has 9 heterocycles. The molecule has 0 spiro atoms. The van der Waals surface area contributed by atoms with Crippen molar-refractivity contribution in [3.63, 3.8) is 0 Å². The van der Waals surface area contributed by atoms with Gasteiger partial charge in [-0.3, -0.25) is 44.2 Å². The molecule has 9 rings (SSSR count). The molecule has 0 unspecified atom stereocenters. The van der Waals surface area contributed by atoms with Crippen molar-refractivity contribution in [1.82, 2.24) is 29.4 Å². The standard InChI is InChI=1S/C28H46N8O10/c1-18(39)43-25-23(41)21(5-38)46-26(24(25)42)45-19(2-29-27-6-31-12-32(7-27)14-33(8-27)13-31)20(4-37)44-22(40)3-30-28-9-34-15-35(10-28)17-36(11-28)16-34/h2-3,19-26,37-38,40-42H,4-17H2,1H3/t19-,20+,21-,22-,23-,24+,25-,26-/m0/s1. The number of carbonyl (C=O) groups is 1. The van der Waals surface area contributed by atoms with Crippen LogP contribution in [-0.4, -0.2) is 226 Å². The fourth-order valence-corrected chi connectivity index (χ4v) is 8.37. The number of hydrogen-bond acceptors (Lipinski definition) is 18. The maximum absolute atomic E-state index is 11.8. The Morgan fingerprint density at radius 1 is 0.848 bits per heavy atom. The molecule has 9 aliphatic rings. The first-order valence-electron chi connectivity index (χ1n) is 15.9. The third kappa shape index (κ3) is 6.61. The predicted molar refractivity (Wildman–Crippen MR) is 158 cm³/mol. The molecule has 9 saturated heterocycles. The van der Waals surface area contributed by atoms with E-state index in [-0.39, 0.29) is 0 Å². The lowest BCUT2D eigenvalue weighted by molar-refractivity contribution is -0.315. The molecule has 0 aromatic carbocycles. The summed E-state index contributed by atoms with van der Waals surface area (Å²) < 4.78 is 22.9. The highest BCUT2D eigenvalue weighted by molar-refractivity contribution is 5.66. The SMILES string of the molecule is CC(=O)O[C@H]1[C@@H](O)[C@H](CO)O[C@H](O[C@@H](C=NC23CN4CN(CN(C4)C2)C3)[C@@H](CO)O[C@H](O)C=NC23CN4CN(CN(C4)C2)C3)[C@@H]1O. The van der Waals surface area contributed by atoms with Gasteiger partial charge in [0.15, 0.2) is 18.7 Å². The number of rotatable bonds is 12. The van der Waals surface area contributed by atoms with E-state index in [0.29, 0.717) is 0 Å². The van der Waals surface area contributed by atoms with Crippen molar-refractivity contribution in [1.29, 1.82) is 0 Å². The number of aliphatic hydroxyl groups is 5. The molecule has 0 aliphatic carbocycles. The summed E-state index contributed by atoms with van der Waals surface area (Å²) in [5.41, 5.74) is -0.860. The normalized spacial score (nSPS) is 47.9. The average Bonchev–Trinajstić information content (AvgIpc) is 2.99.